The van der Waals surface area contributed by atoms with E-state index < -0.39 is 0 Å². The molecule has 2 heterocycles. The Hall–Kier alpha value is -4.04. The van der Waals surface area contributed by atoms with Crippen molar-refractivity contribution in [3.05, 3.63) is 96.2 Å². The van der Waals surface area contributed by atoms with Crippen LogP contribution in [0, 0.1) is 0 Å². The second-order valence-electron chi connectivity index (χ2n) is 8.63. The summed E-state index contributed by atoms with van der Waals surface area (Å²) in [6.07, 6.45) is 1.80. The number of rotatable bonds is 7. The number of ether oxygens (including phenoxy) is 1. The summed E-state index contributed by atoms with van der Waals surface area (Å²) < 4.78 is 8.56. The molecule has 0 atom stereocenters. The Bertz CT molecular complexity index is 1400. The normalized spacial score (nSPS) is 13.4. The first-order chi connectivity index (χ1) is 18.1. The van der Waals surface area contributed by atoms with E-state index in [-0.39, 0.29) is 11.9 Å². The summed E-state index contributed by atoms with van der Waals surface area (Å²) in [6, 6.07) is 25.1. The van der Waals surface area contributed by atoms with Crippen molar-refractivity contribution in [1.29, 1.82) is 0 Å². The molecule has 1 amide bonds. The molecule has 1 aliphatic heterocycles. The summed E-state index contributed by atoms with van der Waals surface area (Å²) in [6.45, 7) is 4.60. The molecule has 1 N–H and O–H groups in total. The molecule has 0 saturated carbocycles. The predicted octanol–water partition coefficient (Wildman–Crippen LogP) is 5.49. The fraction of sp³-hybridized carbons (Fsp3) is 0.207. The van der Waals surface area contributed by atoms with Crippen LogP contribution in [0.1, 0.15) is 27.6 Å². The molecule has 1 saturated heterocycles. The lowest BCUT2D eigenvalue weighted by Crippen LogP contribution is -2.49. The lowest BCUT2D eigenvalue weighted by Gasteiger charge is -2.36. The molecule has 0 aliphatic carbocycles. The van der Waals surface area contributed by atoms with E-state index in [4.69, 9.17) is 4.74 Å². The van der Waals surface area contributed by atoms with Crippen LogP contribution in [0.5, 0.6) is 0 Å². The average Bonchev–Trinajstić information content (AvgIpc) is 2.96. The lowest BCUT2D eigenvalue weighted by atomic mass is 10.1. The molecule has 37 heavy (non-hydrogen) atoms. The van der Waals surface area contributed by atoms with Gasteiger partial charge in [0, 0.05) is 49.0 Å². The van der Waals surface area contributed by atoms with E-state index >= 15 is 0 Å². The summed E-state index contributed by atoms with van der Waals surface area (Å²) in [4.78, 5) is 35.0. The highest BCUT2D eigenvalue weighted by Gasteiger charge is 2.25. The molecular weight excluding hydrogens is 484 g/mol. The van der Waals surface area contributed by atoms with E-state index in [1.54, 1.807) is 19.2 Å². The Morgan fingerprint density at radius 2 is 1.68 bits per heavy atom. The van der Waals surface area contributed by atoms with Gasteiger partial charge in [0.25, 0.3) is 5.91 Å². The summed E-state index contributed by atoms with van der Waals surface area (Å²) >= 11 is 1.50. The standard InChI is InChI=1S/C29H28N4O3S/c1-2-36-29(35)24-9-3-4-10-25(24)32-17-19-33(20-18-32)28(34)22-12-14-23(15-13-22)31-37-26-11-5-7-21-8-6-16-30-27(21)26/h3-16,31H,2,17-20H2,1H3. The SMILES string of the molecule is CCOC(=O)c1ccccc1N1CCN(C(=O)c2ccc(NSc3cccc4cccnc34)cc2)CC1. The molecule has 4 aromatic rings. The number of benzene rings is 3. The topological polar surface area (TPSA) is 74.8 Å². The molecule has 0 radical (unpaired) electrons. The van der Waals surface area contributed by atoms with Crippen LogP contribution in [0.2, 0.25) is 0 Å². The third kappa shape index (κ3) is 5.54. The number of amides is 1. The van der Waals surface area contributed by atoms with Crippen molar-refractivity contribution < 1.29 is 14.3 Å². The van der Waals surface area contributed by atoms with Gasteiger partial charge in [0.05, 0.1) is 28.3 Å². The third-order valence-electron chi connectivity index (χ3n) is 6.31. The third-order valence-corrected chi connectivity index (χ3v) is 7.20. The number of pyridine rings is 1. The lowest BCUT2D eigenvalue weighted by molar-refractivity contribution is 0.0526. The number of anilines is 2. The molecule has 188 valence electrons. The summed E-state index contributed by atoms with van der Waals surface area (Å²) in [5.41, 5.74) is 3.93. The minimum Gasteiger partial charge on any atom is -0.462 e. The first kappa shape index (κ1) is 24.6. The van der Waals surface area contributed by atoms with E-state index in [0.717, 1.165) is 27.2 Å². The molecule has 1 aliphatic rings. The van der Waals surface area contributed by atoms with Crippen LogP contribution in [-0.4, -0.2) is 54.5 Å². The van der Waals surface area contributed by atoms with Crippen LogP contribution < -0.4 is 9.62 Å². The number of carbonyl (C=O) groups excluding carboxylic acids is 2. The number of piperazine rings is 1. The van der Waals surface area contributed by atoms with Gasteiger partial charge in [-0.2, -0.15) is 0 Å². The molecule has 0 spiro atoms. The molecule has 1 aromatic heterocycles. The number of fused-ring (bicyclic) bond motifs is 1. The van der Waals surface area contributed by atoms with Crippen molar-refractivity contribution in [2.75, 3.05) is 42.4 Å². The highest BCUT2D eigenvalue weighted by Crippen LogP contribution is 2.28. The van der Waals surface area contributed by atoms with Gasteiger partial charge in [-0.3, -0.25) is 9.78 Å². The highest BCUT2D eigenvalue weighted by molar-refractivity contribution is 8.00. The number of hydrogen-bond donors (Lipinski definition) is 1. The Morgan fingerprint density at radius 3 is 2.46 bits per heavy atom. The van der Waals surface area contributed by atoms with Crippen LogP contribution in [0.15, 0.2) is 90.0 Å². The molecule has 1 fully saturated rings. The molecule has 0 unspecified atom stereocenters. The van der Waals surface area contributed by atoms with Crippen LogP contribution in [-0.2, 0) is 4.74 Å². The molecular formula is C29H28N4O3S. The van der Waals surface area contributed by atoms with Crippen molar-refractivity contribution in [2.45, 2.75) is 11.8 Å². The van der Waals surface area contributed by atoms with E-state index in [2.05, 4.69) is 14.6 Å². The molecule has 5 rings (SSSR count). The van der Waals surface area contributed by atoms with Crippen molar-refractivity contribution in [1.82, 2.24) is 9.88 Å². The van der Waals surface area contributed by atoms with Gasteiger partial charge in [0.1, 0.15) is 0 Å². The van der Waals surface area contributed by atoms with Crippen LogP contribution in [0.4, 0.5) is 11.4 Å². The quantitative estimate of drug-likeness (QED) is 0.259. The van der Waals surface area contributed by atoms with Crippen LogP contribution in [0.25, 0.3) is 10.9 Å². The van der Waals surface area contributed by atoms with Gasteiger partial charge >= 0.3 is 5.97 Å². The maximum absolute atomic E-state index is 13.1. The fourth-order valence-corrected chi connectivity index (χ4v) is 5.19. The largest absolute Gasteiger partial charge is 0.462 e. The first-order valence-electron chi connectivity index (χ1n) is 12.3. The number of nitrogens with zero attached hydrogens (tertiary/aromatic N) is 3. The number of hydrogen-bond acceptors (Lipinski definition) is 7. The Morgan fingerprint density at radius 1 is 0.919 bits per heavy atom. The van der Waals surface area contributed by atoms with E-state index in [0.29, 0.717) is 43.9 Å². The zero-order chi connectivity index (χ0) is 25.6. The number of carbonyl (C=O) groups is 2. The highest BCUT2D eigenvalue weighted by atomic mass is 32.2. The maximum Gasteiger partial charge on any atom is 0.340 e. The second kappa shape index (κ2) is 11.3. The van der Waals surface area contributed by atoms with Gasteiger partial charge in [-0.15, -0.1) is 0 Å². The number of aromatic nitrogens is 1. The number of para-hydroxylation sites is 2. The van der Waals surface area contributed by atoms with Crippen molar-refractivity contribution in [3.8, 4) is 0 Å². The zero-order valence-corrected chi connectivity index (χ0v) is 21.4. The van der Waals surface area contributed by atoms with Crippen molar-refractivity contribution in [3.63, 3.8) is 0 Å². The monoisotopic (exact) mass is 512 g/mol. The Kier molecular flexibility index (Phi) is 7.56. The fourth-order valence-electron chi connectivity index (χ4n) is 4.42. The summed E-state index contributed by atoms with van der Waals surface area (Å²) in [5.74, 6) is -0.309. The zero-order valence-electron chi connectivity index (χ0n) is 20.6. The smallest absolute Gasteiger partial charge is 0.340 e. The molecule has 8 heteroatoms. The Balaban J connectivity index is 1.19. The maximum atomic E-state index is 13.1. The van der Waals surface area contributed by atoms with Crippen LogP contribution >= 0.6 is 11.9 Å². The van der Waals surface area contributed by atoms with Gasteiger partial charge in [-0.1, -0.05) is 30.3 Å². The van der Waals surface area contributed by atoms with Crippen molar-refractivity contribution in [2.24, 2.45) is 0 Å². The average molecular weight is 513 g/mol. The van der Waals surface area contributed by atoms with E-state index in [9.17, 15) is 9.59 Å². The van der Waals surface area contributed by atoms with Gasteiger partial charge in [0.2, 0.25) is 0 Å². The van der Waals surface area contributed by atoms with Crippen LogP contribution in [0.3, 0.4) is 0 Å². The minimum absolute atomic E-state index is 0.00999. The van der Waals surface area contributed by atoms with Crippen molar-refractivity contribution >= 4 is 46.1 Å². The summed E-state index contributed by atoms with van der Waals surface area (Å²) in [5, 5.41) is 1.10. The van der Waals surface area contributed by atoms with Gasteiger partial charge < -0.3 is 19.3 Å². The molecule has 0 bridgehead atoms. The first-order valence-corrected chi connectivity index (χ1v) is 13.1. The predicted molar refractivity (Wildman–Crippen MR) is 148 cm³/mol. The molecule has 7 nitrogen and oxygen atoms in total. The second-order valence-corrected chi connectivity index (χ2v) is 9.48. The number of nitrogens with one attached hydrogen (secondary N) is 1. The van der Waals surface area contributed by atoms with E-state index in [1.807, 2.05) is 77.7 Å². The van der Waals surface area contributed by atoms with Gasteiger partial charge in [0.15, 0.2) is 0 Å². The summed E-state index contributed by atoms with van der Waals surface area (Å²) in [7, 11) is 0. The van der Waals surface area contributed by atoms with Gasteiger partial charge in [-0.05, 0) is 67.4 Å². The minimum atomic E-state index is -0.319. The van der Waals surface area contributed by atoms with Gasteiger partial charge in [-0.25, -0.2) is 4.79 Å². The molecule has 3 aromatic carbocycles. The Labute approximate surface area is 220 Å². The number of esters is 1. The van der Waals surface area contributed by atoms with E-state index in [1.165, 1.54) is 11.9 Å².